The number of phosphoric acid groups is 1. The van der Waals surface area contributed by atoms with Gasteiger partial charge in [0, 0.05) is 6.20 Å². The van der Waals surface area contributed by atoms with Crippen LogP contribution in [0.2, 0.25) is 0 Å². The van der Waals surface area contributed by atoms with E-state index in [9.17, 15) is 33.9 Å². The summed E-state index contributed by atoms with van der Waals surface area (Å²) in [7, 11) is -9.41. The summed E-state index contributed by atoms with van der Waals surface area (Å²) in [6, 6.07) is 1.29. The molecule has 232 valence electrons. The highest BCUT2D eigenvalue weighted by Gasteiger charge is 2.45. The minimum absolute atomic E-state index is 0.0462. The van der Waals surface area contributed by atoms with Crippen molar-refractivity contribution >= 4 is 21.2 Å². The van der Waals surface area contributed by atoms with Crippen LogP contribution in [0, 0.1) is 0 Å². The van der Waals surface area contributed by atoms with Crippen molar-refractivity contribution < 1.29 is 42.7 Å². The topological polar surface area (TPSA) is 204 Å². The van der Waals surface area contributed by atoms with E-state index in [1.54, 1.807) is 0 Å². The molecule has 0 aliphatic carbocycles. The molecule has 40 heavy (non-hydrogen) atoms. The van der Waals surface area contributed by atoms with Crippen LogP contribution in [0.25, 0.3) is 0 Å². The van der Waals surface area contributed by atoms with E-state index in [0.717, 1.165) is 23.8 Å². The second kappa shape index (κ2) is 17.7. The van der Waals surface area contributed by atoms with Crippen LogP contribution in [0.1, 0.15) is 103 Å². The number of ether oxygens (including phenoxy) is 1. The van der Waals surface area contributed by atoms with E-state index in [-0.39, 0.29) is 12.0 Å². The standard InChI is InChI=1S/C25H47N3O10P2/c1-2-3-4-5-6-7-8-9-10-11-12-13-14-15-18-39(32,33)38-40(34,35)36-19-20-22(29)23(30)24(37-20)28-17-16-21(26)27-25(28)31/h16-17,20,22-24,29-30H,2-15,18-19H2,1H3,(H,32,33)(H,34,35)(H2,26,27,31)/t20-,22-,23+,24-/m1/s1. The Balaban J connectivity index is 1.62. The van der Waals surface area contributed by atoms with Gasteiger partial charge in [-0.2, -0.15) is 4.98 Å². The maximum Gasteiger partial charge on any atom is 0.479 e. The number of unbranched alkanes of at least 4 members (excludes halogenated alkanes) is 13. The molecule has 1 fully saturated rings. The minimum atomic E-state index is -4.99. The Labute approximate surface area is 236 Å². The van der Waals surface area contributed by atoms with Crippen molar-refractivity contribution in [2.45, 2.75) is 121 Å². The number of anilines is 1. The molecule has 1 aliphatic heterocycles. The Morgan fingerprint density at radius 1 is 0.925 bits per heavy atom. The molecule has 0 radical (unpaired) electrons. The summed E-state index contributed by atoms with van der Waals surface area (Å²) in [5.41, 5.74) is 4.60. The van der Waals surface area contributed by atoms with E-state index in [1.165, 1.54) is 70.1 Å². The van der Waals surface area contributed by atoms with Crippen LogP contribution < -0.4 is 11.4 Å². The number of hydrogen-bond donors (Lipinski definition) is 5. The number of aliphatic hydroxyl groups is 2. The van der Waals surface area contributed by atoms with Crippen molar-refractivity contribution in [2.75, 3.05) is 18.5 Å². The van der Waals surface area contributed by atoms with Crippen LogP contribution in [0.15, 0.2) is 17.1 Å². The first-order chi connectivity index (χ1) is 19.0. The lowest BCUT2D eigenvalue weighted by Crippen LogP contribution is -2.36. The van der Waals surface area contributed by atoms with Gasteiger partial charge in [0.05, 0.1) is 12.8 Å². The fraction of sp³-hybridized carbons (Fsp3) is 0.840. The van der Waals surface area contributed by atoms with Gasteiger partial charge >= 0.3 is 21.1 Å². The molecule has 13 nitrogen and oxygen atoms in total. The molecule has 0 spiro atoms. The summed E-state index contributed by atoms with van der Waals surface area (Å²) in [4.78, 5) is 35.5. The number of nitrogen functional groups attached to an aromatic ring is 1. The van der Waals surface area contributed by atoms with Gasteiger partial charge in [-0.15, -0.1) is 0 Å². The zero-order valence-electron chi connectivity index (χ0n) is 23.4. The summed E-state index contributed by atoms with van der Waals surface area (Å²) < 4.78 is 40.2. The average Bonchev–Trinajstić information content (AvgIpc) is 3.15. The monoisotopic (exact) mass is 611 g/mol. The van der Waals surface area contributed by atoms with Crippen LogP contribution in [0.3, 0.4) is 0 Å². The van der Waals surface area contributed by atoms with Crippen LogP contribution in [-0.4, -0.2) is 60.6 Å². The molecule has 0 amide bonds. The first kappa shape index (κ1) is 35.1. The van der Waals surface area contributed by atoms with Crippen LogP contribution in [-0.2, 0) is 22.7 Å². The minimum Gasteiger partial charge on any atom is -0.387 e. The van der Waals surface area contributed by atoms with Crippen molar-refractivity contribution in [3.8, 4) is 0 Å². The van der Waals surface area contributed by atoms with Crippen LogP contribution in [0.5, 0.6) is 0 Å². The van der Waals surface area contributed by atoms with Crippen molar-refractivity contribution in [3.63, 3.8) is 0 Å². The summed E-state index contributed by atoms with van der Waals surface area (Å²) in [6.07, 6.45) is 10.7. The Morgan fingerprint density at radius 2 is 1.45 bits per heavy atom. The molecule has 6 atom stereocenters. The van der Waals surface area contributed by atoms with Gasteiger partial charge in [-0.3, -0.25) is 13.7 Å². The molecule has 0 saturated carbocycles. The van der Waals surface area contributed by atoms with E-state index in [4.69, 9.17) is 15.0 Å². The van der Waals surface area contributed by atoms with Gasteiger partial charge in [0.2, 0.25) is 0 Å². The smallest absolute Gasteiger partial charge is 0.387 e. The Kier molecular flexibility index (Phi) is 15.5. The second-order valence-electron chi connectivity index (χ2n) is 10.4. The molecular formula is C25H47N3O10P2. The summed E-state index contributed by atoms with van der Waals surface area (Å²) in [5, 5.41) is 20.5. The fourth-order valence-electron chi connectivity index (χ4n) is 4.62. The number of aromatic nitrogens is 2. The van der Waals surface area contributed by atoms with E-state index in [1.807, 2.05) is 0 Å². The molecule has 0 aromatic carbocycles. The quantitative estimate of drug-likeness (QED) is 0.0978. The Bertz CT molecular complexity index is 1030. The normalized spacial score (nSPS) is 24.1. The molecule has 2 unspecified atom stereocenters. The molecule has 6 N–H and O–H groups in total. The zero-order valence-corrected chi connectivity index (χ0v) is 25.2. The molecule has 0 bridgehead atoms. The number of phosphoric ester groups is 1. The van der Waals surface area contributed by atoms with Crippen molar-refractivity contribution in [2.24, 2.45) is 0 Å². The van der Waals surface area contributed by atoms with Gasteiger partial charge < -0.3 is 30.5 Å². The van der Waals surface area contributed by atoms with Crippen molar-refractivity contribution in [1.29, 1.82) is 0 Å². The van der Waals surface area contributed by atoms with Crippen molar-refractivity contribution in [3.05, 3.63) is 22.7 Å². The highest BCUT2D eigenvalue weighted by Crippen LogP contribution is 2.60. The van der Waals surface area contributed by atoms with E-state index >= 15 is 0 Å². The molecule has 1 saturated heterocycles. The predicted molar refractivity (Wildman–Crippen MR) is 151 cm³/mol. The van der Waals surface area contributed by atoms with Gasteiger partial charge in [0.1, 0.15) is 24.1 Å². The fourth-order valence-corrected chi connectivity index (χ4v) is 7.38. The number of nitrogens with two attached hydrogens (primary N) is 1. The van der Waals surface area contributed by atoms with Crippen LogP contribution >= 0.6 is 15.4 Å². The first-order valence-electron chi connectivity index (χ1n) is 14.3. The Hall–Kier alpha value is -1.14. The molecular weight excluding hydrogens is 564 g/mol. The second-order valence-corrected chi connectivity index (χ2v) is 14.0. The lowest BCUT2D eigenvalue weighted by atomic mass is 10.0. The summed E-state index contributed by atoms with van der Waals surface area (Å²) in [6.45, 7) is 1.47. The number of nitrogens with zero attached hydrogens (tertiary/aromatic N) is 2. The largest absolute Gasteiger partial charge is 0.479 e. The Morgan fingerprint density at radius 3 is 1.98 bits per heavy atom. The van der Waals surface area contributed by atoms with Gasteiger partial charge in [-0.1, -0.05) is 90.4 Å². The van der Waals surface area contributed by atoms with E-state index in [2.05, 4.69) is 16.2 Å². The van der Waals surface area contributed by atoms with Crippen LogP contribution in [0.4, 0.5) is 5.82 Å². The third-order valence-corrected chi connectivity index (χ3v) is 10.1. The SMILES string of the molecule is CCCCCCCCCCCCCCCCP(=O)(O)OP(=O)(O)OC[C@H]1O[C@@H](n2ccc(N)nc2=O)[C@@H](O)[C@@H]1O. The zero-order chi connectivity index (χ0) is 29.6. The van der Waals surface area contributed by atoms with E-state index < -0.39 is 52.3 Å². The molecule has 2 heterocycles. The highest BCUT2D eigenvalue weighted by atomic mass is 31.3. The molecule has 1 aromatic rings. The third kappa shape index (κ3) is 12.8. The number of hydrogen-bond acceptors (Lipinski definition) is 10. The average molecular weight is 612 g/mol. The summed E-state index contributed by atoms with van der Waals surface area (Å²) >= 11 is 0. The molecule has 2 rings (SSSR count). The third-order valence-electron chi connectivity index (χ3n) is 6.89. The van der Waals surface area contributed by atoms with Crippen molar-refractivity contribution in [1.82, 2.24) is 9.55 Å². The number of aliphatic hydroxyl groups excluding tert-OH is 2. The number of rotatable bonds is 21. The predicted octanol–water partition coefficient (Wildman–Crippen LogP) is 4.25. The maximum atomic E-state index is 12.3. The first-order valence-corrected chi connectivity index (χ1v) is 17.6. The highest BCUT2D eigenvalue weighted by molar-refractivity contribution is 7.64. The van der Waals surface area contributed by atoms with Gasteiger partial charge in [0.25, 0.3) is 0 Å². The van der Waals surface area contributed by atoms with Gasteiger partial charge in [-0.05, 0) is 12.5 Å². The maximum absolute atomic E-state index is 12.3. The molecule has 1 aliphatic rings. The van der Waals surface area contributed by atoms with Gasteiger partial charge in [0.15, 0.2) is 6.23 Å². The van der Waals surface area contributed by atoms with Gasteiger partial charge in [-0.25, -0.2) is 13.7 Å². The molecule has 15 heteroatoms. The lowest BCUT2D eigenvalue weighted by molar-refractivity contribution is -0.0540. The summed E-state index contributed by atoms with van der Waals surface area (Å²) in [5.74, 6) is -0.0462. The molecule has 1 aromatic heterocycles. The lowest BCUT2D eigenvalue weighted by Gasteiger charge is -2.19. The van der Waals surface area contributed by atoms with E-state index in [0.29, 0.717) is 12.8 Å².